The highest BCUT2D eigenvalue weighted by Gasteiger charge is 2.30. The summed E-state index contributed by atoms with van der Waals surface area (Å²) in [6.45, 7) is 4.61. The summed E-state index contributed by atoms with van der Waals surface area (Å²) in [6, 6.07) is 15.3. The molecule has 0 fully saturated rings. The number of nitrogens with one attached hydrogen (secondary N) is 1. The molecule has 31 heavy (non-hydrogen) atoms. The van der Waals surface area contributed by atoms with E-state index in [0.717, 1.165) is 22.6 Å². The Morgan fingerprint density at radius 2 is 1.74 bits per heavy atom. The predicted molar refractivity (Wildman–Crippen MR) is 124 cm³/mol. The van der Waals surface area contributed by atoms with E-state index < -0.39 is 6.36 Å². The molecule has 6 nitrogen and oxygen atoms in total. The van der Waals surface area contributed by atoms with E-state index in [1.54, 1.807) is 0 Å². The number of aromatic nitrogens is 2. The average molecular weight is 545 g/mol. The number of benzene rings is 2. The van der Waals surface area contributed by atoms with Gasteiger partial charge < -0.3 is 15.8 Å². The lowest BCUT2D eigenvalue weighted by Crippen LogP contribution is -2.31. The van der Waals surface area contributed by atoms with Gasteiger partial charge in [0.2, 0.25) is 0 Å². The minimum Gasteiger partial charge on any atom is -0.406 e. The molecule has 0 spiro atoms. The average Bonchev–Trinajstić information content (AvgIpc) is 2.99. The number of alkyl halides is 3. The van der Waals surface area contributed by atoms with Crippen LogP contribution in [0, 0.1) is 13.8 Å². The molecular weight excluding hydrogens is 522 g/mol. The van der Waals surface area contributed by atoms with E-state index in [1.165, 1.54) is 24.3 Å². The molecular formula is C21H23F3IN5O. The molecule has 3 aromatic rings. The summed E-state index contributed by atoms with van der Waals surface area (Å²) < 4.78 is 42.3. The summed E-state index contributed by atoms with van der Waals surface area (Å²) in [4.78, 5) is 4.23. The van der Waals surface area contributed by atoms with Crippen molar-refractivity contribution in [3.05, 3.63) is 77.1 Å². The molecule has 3 rings (SSSR count). The number of nitrogens with zero attached hydrogens (tertiary/aromatic N) is 3. The summed E-state index contributed by atoms with van der Waals surface area (Å²) in [5, 5.41) is 7.65. The van der Waals surface area contributed by atoms with Gasteiger partial charge in [0, 0.05) is 17.8 Å². The highest BCUT2D eigenvalue weighted by Crippen LogP contribution is 2.23. The third-order valence-corrected chi connectivity index (χ3v) is 4.48. The zero-order valence-electron chi connectivity index (χ0n) is 17.0. The van der Waals surface area contributed by atoms with Crippen LogP contribution in [-0.4, -0.2) is 22.1 Å². The van der Waals surface area contributed by atoms with Gasteiger partial charge in [0.15, 0.2) is 5.96 Å². The lowest BCUT2D eigenvalue weighted by Gasteiger charge is -2.09. The first-order valence-electron chi connectivity index (χ1n) is 9.22. The van der Waals surface area contributed by atoms with Crippen LogP contribution in [0.25, 0.3) is 5.69 Å². The Morgan fingerprint density at radius 3 is 2.35 bits per heavy atom. The second-order valence-corrected chi connectivity index (χ2v) is 6.64. The third kappa shape index (κ3) is 6.88. The Hall–Kier alpha value is -2.76. The van der Waals surface area contributed by atoms with Gasteiger partial charge in [-0.25, -0.2) is 9.67 Å². The summed E-state index contributed by atoms with van der Waals surface area (Å²) >= 11 is 0. The van der Waals surface area contributed by atoms with Crippen molar-refractivity contribution >= 4 is 29.9 Å². The second kappa shape index (κ2) is 10.5. The molecule has 0 bridgehead atoms. The molecule has 0 amide bonds. The van der Waals surface area contributed by atoms with E-state index in [4.69, 9.17) is 5.73 Å². The number of nitrogens with two attached hydrogens (primary N) is 1. The smallest absolute Gasteiger partial charge is 0.406 e. The van der Waals surface area contributed by atoms with Crippen LogP contribution in [0.15, 0.2) is 59.6 Å². The maximum Gasteiger partial charge on any atom is 0.573 e. The number of aliphatic imine (C=N–C) groups is 1. The van der Waals surface area contributed by atoms with Gasteiger partial charge in [-0.05, 0) is 43.7 Å². The minimum absolute atomic E-state index is 0. The molecule has 3 N–H and O–H groups in total. The van der Waals surface area contributed by atoms with Gasteiger partial charge in [-0.2, -0.15) is 5.10 Å². The summed E-state index contributed by atoms with van der Waals surface area (Å²) in [5.74, 6) is -0.0421. The maximum absolute atomic E-state index is 12.2. The van der Waals surface area contributed by atoms with Crippen molar-refractivity contribution in [1.82, 2.24) is 15.1 Å². The monoisotopic (exact) mass is 545 g/mol. The molecule has 0 saturated carbocycles. The van der Waals surface area contributed by atoms with Crippen molar-refractivity contribution in [2.24, 2.45) is 10.7 Å². The van der Waals surface area contributed by atoms with Gasteiger partial charge in [0.25, 0.3) is 0 Å². The summed E-state index contributed by atoms with van der Waals surface area (Å²) in [7, 11) is 0. The van der Waals surface area contributed by atoms with Crippen molar-refractivity contribution in [3.63, 3.8) is 0 Å². The Morgan fingerprint density at radius 1 is 1.10 bits per heavy atom. The maximum atomic E-state index is 12.2. The molecule has 10 heteroatoms. The molecule has 2 aromatic carbocycles. The molecule has 0 aliphatic heterocycles. The molecule has 0 aliphatic rings. The molecule has 0 aliphatic carbocycles. The lowest BCUT2D eigenvalue weighted by molar-refractivity contribution is -0.274. The number of para-hydroxylation sites is 1. The first kappa shape index (κ1) is 24.5. The Labute approximate surface area is 195 Å². The molecule has 0 radical (unpaired) electrons. The van der Waals surface area contributed by atoms with Gasteiger partial charge in [-0.3, -0.25) is 0 Å². The van der Waals surface area contributed by atoms with Crippen LogP contribution < -0.4 is 15.8 Å². The number of rotatable bonds is 6. The van der Waals surface area contributed by atoms with Crippen LogP contribution in [0.2, 0.25) is 0 Å². The largest absolute Gasteiger partial charge is 0.573 e. The Kier molecular flexibility index (Phi) is 8.31. The SMILES string of the molecule is Cc1nn(-c2ccccc2)c(C)c1CNC(N)=NCc1ccc(OC(F)(F)F)cc1.I. The van der Waals surface area contributed by atoms with Crippen molar-refractivity contribution < 1.29 is 17.9 Å². The zero-order valence-corrected chi connectivity index (χ0v) is 19.3. The topological polar surface area (TPSA) is 77.5 Å². The quantitative estimate of drug-likeness (QED) is 0.270. The predicted octanol–water partition coefficient (Wildman–Crippen LogP) is 4.61. The van der Waals surface area contributed by atoms with E-state index >= 15 is 0 Å². The van der Waals surface area contributed by atoms with E-state index in [9.17, 15) is 13.2 Å². The Balaban J connectivity index is 0.00000341. The number of halogens is 4. The van der Waals surface area contributed by atoms with Gasteiger partial charge in [-0.1, -0.05) is 30.3 Å². The first-order chi connectivity index (χ1) is 14.2. The highest BCUT2D eigenvalue weighted by molar-refractivity contribution is 14.0. The first-order valence-corrected chi connectivity index (χ1v) is 9.22. The third-order valence-electron chi connectivity index (χ3n) is 4.48. The van der Waals surface area contributed by atoms with Crippen molar-refractivity contribution in [1.29, 1.82) is 0 Å². The molecule has 0 atom stereocenters. The van der Waals surface area contributed by atoms with Crippen molar-refractivity contribution in [2.45, 2.75) is 33.3 Å². The molecule has 1 heterocycles. The van der Waals surface area contributed by atoms with Gasteiger partial charge in [0.05, 0.1) is 17.9 Å². The number of guanidine groups is 1. The van der Waals surface area contributed by atoms with Crippen LogP contribution in [0.4, 0.5) is 13.2 Å². The molecule has 166 valence electrons. The second-order valence-electron chi connectivity index (χ2n) is 6.64. The van der Waals surface area contributed by atoms with Crippen molar-refractivity contribution in [2.75, 3.05) is 0 Å². The summed E-state index contributed by atoms with van der Waals surface area (Å²) in [5.41, 5.74) is 10.5. The number of hydrogen-bond acceptors (Lipinski definition) is 3. The minimum atomic E-state index is -4.71. The van der Waals surface area contributed by atoms with Crippen molar-refractivity contribution in [3.8, 4) is 11.4 Å². The van der Waals surface area contributed by atoms with E-state index in [1.807, 2.05) is 48.9 Å². The number of ether oxygens (including phenoxy) is 1. The van der Waals surface area contributed by atoms with E-state index in [-0.39, 0.29) is 42.2 Å². The van der Waals surface area contributed by atoms with Crippen LogP contribution in [0.3, 0.4) is 0 Å². The fourth-order valence-corrected chi connectivity index (χ4v) is 2.96. The highest BCUT2D eigenvalue weighted by atomic mass is 127. The van der Waals surface area contributed by atoms with Crippen LogP contribution in [0.5, 0.6) is 5.75 Å². The zero-order chi connectivity index (χ0) is 21.7. The normalized spacial score (nSPS) is 11.7. The molecule has 0 unspecified atom stereocenters. The number of hydrogen-bond donors (Lipinski definition) is 2. The van der Waals surface area contributed by atoms with Crippen LogP contribution in [-0.2, 0) is 13.1 Å². The Bertz CT molecular complexity index is 1020. The molecule has 1 aromatic heterocycles. The fourth-order valence-electron chi connectivity index (χ4n) is 2.96. The van der Waals surface area contributed by atoms with Gasteiger partial charge in [-0.15, -0.1) is 37.1 Å². The van der Waals surface area contributed by atoms with Gasteiger partial charge >= 0.3 is 6.36 Å². The summed E-state index contributed by atoms with van der Waals surface area (Å²) in [6.07, 6.45) is -4.71. The fraction of sp³-hybridized carbons (Fsp3) is 0.238. The lowest BCUT2D eigenvalue weighted by atomic mass is 10.2. The molecule has 0 saturated heterocycles. The standard InChI is InChI=1S/C21H22F3N5O.HI/c1-14-19(15(2)29(28-14)17-6-4-3-5-7-17)13-27-20(25)26-12-16-8-10-18(11-9-16)30-21(22,23)24;/h3-11H,12-13H2,1-2H3,(H3,25,26,27);1H. The van der Waals surface area contributed by atoms with Gasteiger partial charge in [0.1, 0.15) is 5.75 Å². The van der Waals surface area contributed by atoms with Crippen LogP contribution >= 0.6 is 24.0 Å². The van der Waals surface area contributed by atoms with E-state index in [2.05, 4.69) is 20.1 Å². The van der Waals surface area contributed by atoms with Crippen LogP contribution in [0.1, 0.15) is 22.5 Å². The van der Waals surface area contributed by atoms with E-state index in [0.29, 0.717) is 12.1 Å². The number of aryl methyl sites for hydroxylation is 1.